The molecule has 0 spiro atoms. The standard InChI is InChI=1S/C20H28N6O2/c1-23-6-8-24(9-7-23)13-19-14-25(10-11-28-19)20(27)12-17-2-4-18(5-3-17)26-15-21-22-16-26/h2-5,15-16,19H,6-14H2,1H3. The average Bonchev–Trinajstić information content (AvgIpc) is 3.25. The predicted molar refractivity (Wildman–Crippen MR) is 105 cm³/mol. The van der Waals surface area contributed by atoms with Crippen molar-refractivity contribution >= 4 is 5.91 Å². The van der Waals surface area contributed by atoms with Crippen LogP contribution < -0.4 is 0 Å². The van der Waals surface area contributed by atoms with Crippen molar-refractivity contribution in [2.45, 2.75) is 12.5 Å². The Labute approximate surface area is 165 Å². The van der Waals surface area contributed by atoms with Gasteiger partial charge in [-0.15, -0.1) is 10.2 Å². The van der Waals surface area contributed by atoms with Crippen molar-refractivity contribution in [1.82, 2.24) is 29.5 Å². The SMILES string of the molecule is CN1CCN(CC2CN(C(=O)Cc3ccc(-n4cnnc4)cc3)CCO2)CC1. The molecular weight excluding hydrogens is 356 g/mol. The first kappa shape index (κ1) is 19.0. The maximum atomic E-state index is 12.8. The van der Waals surface area contributed by atoms with E-state index in [1.54, 1.807) is 12.7 Å². The molecule has 2 fully saturated rings. The van der Waals surface area contributed by atoms with Gasteiger partial charge in [-0.25, -0.2) is 0 Å². The molecule has 2 saturated heterocycles. The van der Waals surface area contributed by atoms with Gasteiger partial charge < -0.3 is 14.5 Å². The molecule has 1 unspecified atom stereocenters. The molecular formula is C20H28N6O2. The van der Waals surface area contributed by atoms with Gasteiger partial charge in [-0.1, -0.05) is 12.1 Å². The molecule has 4 rings (SSSR count). The summed E-state index contributed by atoms with van der Waals surface area (Å²) in [4.78, 5) is 19.5. The minimum atomic E-state index is 0.109. The number of aromatic nitrogens is 3. The normalized spacial score (nSPS) is 21.8. The second-order valence-electron chi connectivity index (χ2n) is 7.65. The fourth-order valence-corrected chi connectivity index (χ4v) is 3.78. The molecule has 2 aromatic rings. The Bertz CT molecular complexity index is 756. The Balaban J connectivity index is 1.29. The Morgan fingerprint density at radius 2 is 1.79 bits per heavy atom. The smallest absolute Gasteiger partial charge is 0.227 e. The van der Waals surface area contributed by atoms with Gasteiger partial charge in [0.2, 0.25) is 5.91 Å². The van der Waals surface area contributed by atoms with E-state index in [0.29, 0.717) is 26.1 Å². The van der Waals surface area contributed by atoms with Gasteiger partial charge in [-0.05, 0) is 24.7 Å². The zero-order chi connectivity index (χ0) is 19.3. The molecule has 3 heterocycles. The largest absolute Gasteiger partial charge is 0.373 e. The third-order valence-corrected chi connectivity index (χ3v) is 5.56. The first-order valence-corrected chi connectivity index (χ1v) is 9.91. The van der Waals surface area contributed by atoms with Gasteiger partial charge in [0.25, 0.3) is 0 Å². The van der Waals surface area contributed by atoms with Crippen molar-refractivity contribution in [3.8, 4) is 5.69 Å². The molecule has 150 valence electrons. The zero-order valence-corrected chi connectivity index (χ0v) is 16.4. The molecule has 0 bridgehead atoms. The highest BCUT2D eigenvalue weighted by molar-refractivity contribution is 5.79. The van der Waals surface area contributed by atoms with Gasteiger partial charge in [0.05, 0.1) is 19.1 Å². The lowest BCUT2D eigenvalue weighted by atomic mass is 10.1. The number of rotatable bonds is 5. The Kier molecular flexibility index (Phi) is 5.99. The number of likely N-dealkylation sites (N-methyl/N-ethyl adjacent to an activating group) is 1. The summed E-state index contributed by atoms with van der Waals surface area (Å²) in [5, 5.41) is 7.64. The number of benzene rings is 1. The predicted octanol–water partition coefficient (Wildman–Crippen LogP) is 0.285. The van der Waals surface area contributed by atoms with E-state index in [2.05, 4.69) is 27.0 Å². The number of hydrogen-bond acceptors (Lipinski definition) is 6. The van der Waals surface area contributed by atoms with Gasteiger partial charge in [0.1, 0.15) is 12.7 Å². The van der Waals surface area contributed by atoms with Gasteiger partial charge in [-0.2, -0.15) is 0 Å². The molecule has 1 atom stereocenters. The number of hydrogen-bond donors (Lipinski definition) is 0. The molecule has 0 saturated carbocycles. The highest BCUT2D eigenvalue weighted by Crippen LogP contribution is 2.13. The van der Waals surface area contributed by atoms with Gasteiger partial charge in [0.15, 0.2) is 0 Å². The monoisotopic (exact) mass is 384 g/mol. The van der Waals surface area contributed by atoms with E-state index in [1.165, 1.54) is 0 Å². The molecule has 2 aliphatic heterocycles. The fraction of sp³-hybridized carbons (Fsp3) is 0.550. The molecule has 2 aliphatic rings. The van der Waals surface area contributed by atoms with Crippen LogP contribution in [0.4, 0.5) is 0 Å². The fourth-order valence-electron chi connectivity index (χ4n) is 3.78. The Morgan fingerprint density at radius 1 is 1.07 bits per heavy atom. The summed E-state index contributed by atoms with van der Waals surface area (Å²) >= 11 is 0. The molecule has 0 radical (unpaired) electrons. The summed E-state index contributed by atoms with van der Waals surface area (Å²) in [7, 11) is 2.16. The van der Waals surface area contributed by atoms with Crippen LogP contribution in [0.1, 0.15) is 5.56 Å². The minimum Gasteiger partial charge on any atom is -0.373 e. The van der Waals surface area contributed by atoms with E-state index in [4.69, 9.17) is 4.74 Å². The van der Waals surface area contributed by atoms with Crippen molar-refractivity contribution in [3.63, 3.8) is 0 Å². The van der Waals surface area contributed by atoms with Crippen molar-refractivity contribution in [2.24, 2.45) is 0 Å². The van der Waals surface area contributed by atoms with Crippen LogP contribution in [0.3, 0.4) is 0 Å². The number of nitrogens with zero attached hydrogens (tertiary/aromatic N) is 6. The highest BCUT2D eigenvalue weighted by atomic mass is 16.5. The summed E-state index contributed by atoms with van der Waals surface area (Å²) in [6, 6.07) is 7.97. The maximum absolute atomic E-state index is 12.8. The van der Waals surface area contributed by atoms with Gasteiger partial charge >= 0.3 is 0 Å². The summed E-state index contributed by atoms with van der Waals surface area (Å²) in [6.07, 6.45) is 3.85. The molecule has 1 aromatic heterocycles. The van der Waals surface area contributed by atoms with Crippen LogP contribution in [0.2, 0.25) is 0 Å². The topological polar surface area (TPSA) is 66.7 Å². The summed E-state index contributed by atoms with van der Waals surface area (Å²) in [5.41, 5.74) is 2.00. The quantitative estimate of drug-likeness (QED) is 0.738. The summed E-state index contributed by atoms with van der Waals surface area (Å²) in [6.45, 7) is 7.23. The maximum Gasteiger partial charge on any atom is 0.227 e. The van der Waals surface area contributed by atoms with Crippen LogP contribution >= 0.6 is 0 Å². The molecule has 0 aliphatic carbocycles. The lowest BCUT2D eigenvalue weighted by Gasteiger charge is -2.38. The van der Waals surface area contributed by atoms with Crippen LogP contribution in [-0.2, 0) is 16.0 Å². The van der Waals surface area contributed by atoms with E-state index in [1.807, 2.05) is 33.7 Å². The second-order valence-corrected chi connectivity index (χ2v) is 7.65. The number of piperazine rings is 1. The summed E-state index contributed by atoms with van der Waals surface area (Å²) < 4.78 is 7.78. The number of carbonyl (C=O) groups is 1. The first-order chi connectivity index (χ1) is 13.7. The van der Waals surface area contributed by atoms with Crippen LogP contribution in [-0.4, -0.2) is 101 Å². The van der Waals surface area contributed by atoms with Crippen molar-refractivity contribution in [2.75, 3.05) is 59.5 Å². The number of morpholine rings is 1. The van der Waals surface area contributed by atoms with Crippen LogP contribution in [0, 0.1) is 0 Å². The number of carbonyl (C=O) groups excluding carboxylic acids is 1. The molecule has 1 amide bonds. The Hall–Kier alpha value is -2.29. The minimum absolute atomic E-state index is 0.109. The van der Waals surface area contributed by atoms with Gasteiger partial charge in [-0.3, -0.25) is 14.3 Å². The highest BCUT2D eigenvalue weighted by Gasteiger charge is 2.26. The van der Waals surface area contributed by atoms with E-state index >= 15 is 0 Å². The lowest BCUT2D eigenvalue weighted by molar-refractivity contribution is -0.138. The number of ether oxygens (including phenoxy) is 1. The molecule has 1 aromatic carbocycles. The lowest BCUT2D eigenvalue weighted by Crippen LogP contribution is -2.53. The second kappa shape index (κ2) is 8.81. The molecule has 28 heavy (non-hydrogen) atoms. The first-order valence-electron chi connectivity index (χ1n) is 9.91. The van der Waals surface area contributed by atoms with E-state index < -0.39 is 0 Å². The van der Waals surface area contributed by atoms with Crippen molar-refractivity contribution in [3.05, 3.63) is 42.5 Å². The van der Waals surface area contributed by atoms with Crippen molar-refractivity contribution in [1.29, 1.82) is 0 Å². The third kappa shape index (κ3) is 4.76. The van der Waals surface area contributed by atoms with Gasteiger partial charge in [0, 0.05) is 51.5 Å². The average molecular weight is 384 g/mol. The third-order valence-electron chi connectivity index (χ3n) is 5.56. The van der Waals surface area contributed by atoms with E-state index in [-0.39, 0.29) is 12.0 Å². The Morgan fingerprint density at radius 3 is 2.50 bits per heavy atom. The van der Waals surface area contributed by atoms with E-state index in [0.717, 1.165) is 44.0 Å². The van der Waals surface area contributed by atoms with Crippen molar-refractivity contribution < 1.29 is 9.53 Å². The molecule has 0 N–H and O–H groups in total. The molecule has 8 nitrogen and oxygen atoms in total. The zero-order valence-electron chi connectivity index (χ0n) is 16.4. The van der Waals surface area contributed by atoms with E-state index in [9.17, 15) is 4.79 Å². The summed E-state index contributed by atoms with van der Waals surface area (Å²) in [5.74, 6) is 0.170. The van der Waals surface area contributed by atoms with Crippen LogP contribution in [0.15, 0.2) is 36.9 Å². The van der Waals surface area contributed by atoms with Crippen LogP contribution in [0.5, 0.6) is 0 Å². The molecule has 8 heteroatoms. The number of amides is 1. The van der Waals surface area contributed by atoms with Crippen LogP contribution in [0.25, 0.3) is 5.69 Å².